The van der Waals surface area contributed by atoms with E-state index in [-0.39, 0.29) is 17.6 Å². The van der Waals surface area contributed by atoms with Gasteiger partial charge in [0.15, 0.2) is 0 Å². The number of ether oxygens (including phenoxy) is 1. The Bertz CT molecular complexity index is 1020. The lowest BCUT2D eigenvalue weighted by Gasteiger charge is -2.14. The Kier molecular flexibility index (Phi) is 7.13. The molecule has 0 aliphatic heterocycles. The third kappa shape index (κ3) is 5.42. The monoisotopic (exact) mass is 425 g/mol. The fourth-order valence-corrected chi connectivity index (χ4v) is 3.42. The molecule has 0 saturated carbocycles. The highest BCUT2D eigenvalue weighted by Crippen LogP contribution is 2.26. The highest BCUT2D eigenvalue weighted by Gasteiger charge is 2.14. The molecule has 3 aromatic rings. The molecule has 30 heavy (non-hydrogen) atoms. The number of nitrogens with zero attached hydrogens (tertiary/aromatic N) is 2. The number of amides is 2. The molecule has 3 rings (SSSR count). The Hall–Kier alpha value is -3.26. The predicted octanol–water partition coefficient (Wildman–Crippen LogP) is 3.92. The summed E-state index contributed by atoms with van der Waals surface area (Å²) in [6.07, 6.45) is 1.60. The Balaban J connectivity index is 1.57. The van der Waals surface area contributed by atoms with Crippen molar-refractivity contribution in [3.63, 3.8) is 0 Å². The van der Waals surface area contributed by atoms with Crippen LogP contribution in [0.15, 0.2) is 59.2 Å². The standard InChI is InChI=1S/C22H23N3O4S/c1-25(2)22(27)16-9-10-19(28-3)18(11-16)24-20(26)14-30-13-17-12-29-21(23-17)15-7-5-4-6-8-15/h4-12H,13-14H2,1-3H3,(H,24,26). The van der Waals surface area contributed by atoms with Crippen molar-refractivity contribution in [2.45, 2.75) is 5.75 Å². The smallest absolute Gasteiger partial charge is 0.253 e. The third-order valence-electron chi connectivity index (χ3n) is 4.18. The first kappa shape index (κ1) is 21.4. The van der Waals surface area contributed by atoms with E-state index in [1.54, 1.807) is 38.6 Å². The number of hydrogen-bond acceptors (Lipinski definition) is 6. The molecule has 0 unspecified atom stereocenters. The highest BCUT2D eigenvalue weighted by molar-refractivity contribution is 7.99. The Morgan fingerprint density at radius 3 is 2.63 bits per heavy atom. The lowest BCUT2D eigenvalue weighted by Crippen LogP contribution is -2.22. The van der Waals surface area contributed by atoms with E-state index in [2.05, 4.69) is 10.3 Å². The zero-order chi connectivity index (χ0) is 21.5. The van der Waals surface area contributed by atoms with Crippen LogP contribution in [-0.4, -0.2) is 48.7 Å². The number of nitrogens with one attached hydrogen (secondary N) is 1. The van der Waals surface area contributed by atoms with Crippen LogP contribution in [0, 0.1) is 0 Å². The maximum atomic E-state index is 12.4. The number of oxazole rings is 1. The summed E-state index contributed by atoms with van der Waals surface area (Å²) in [6.45, 7) is 0. The number of benzene rings is 2. The van der Waals surface area contributed by atoms with Gasteiger partial charge >= 0.3 is 0 Å². The van der Waals surface area contributed by atoms with E-state index in [0.717, 1.165) is 11.3 Å². The molecule has 0 aliphatic carbocycles. The molecule has 0 radical (unpaired) electrons. The van der Waals surface area contributed by atoms with E-state index in [9.17, 15) is 9.59 Å². The largest absolute Gasteiger partial charge is 0.495 e. The van der Waals surface area contributed by atoms with Gasteiger partial charge in [-0.15, -0.1) is 11.8 Å². The average Bonchev–Trinajstić information content (AvgIpc) is 3.22. The van der Waals surface area contributed by atoms with Gasteiger partial charge in [0.05, 0.1) is 24.2 Å². The van der Waals surface area contributed by atoms with Crippen LogP contribution in [0.3, 0.4) is 0 Å². The summed E-state index contributed by atoms with van der Waals surface area (Å²) in [7, 11) is 4.87. The van der Waals surface area contributed by atoms with Crippen LogP contribution in [0.2, 0.25) is 0 Å². The van der Waals surface area contributed by atoms with E-state index in [4.69, 9.17) is 9.15 Å². The fraction of sp³-hybridized carbons (Fsp3) is 0.227. The summed E-state index contributed by atoms with van der Waals surface area (Å²) < 4.78 is 10.8. The molecule has 156 valence electrons. The van der Waals surface area contributed by atoms with Crippen molar-refractivity contribution in [2.24, 2.45) is 0 Å². The minimum Gasteiger partial charge on any atom is -0.495 e. The van der Waals surface area contributed by atoms with Gasteiger partial charge in [0, 0.05) is 31.0 Å². The molecular formula is C22H23N3O4S. The van der Waals surface area contributed by atoms with Crippen molar-refractivity contribution in [1.29, 1.82) is 0 Å². The number of hydrogen-bond donors (Lipinski definition) is 1. The zero-order valence-electron chi connectivity index (χ0n) is 17.0. The molecule has 2 aromatic carbocycles. The Labute approximate surface area is 179 Å². The number of carbonyl (C=O) groups excluding carboxylic acids is 2. The van der Waals surface area contributed by atoms with Gasteiger partial charge in [-0.25, -0.2) is 4.98 Å². The average molecular weight is 426 g/mol. The first-order valence-corrected chi connectivity index (χ1v) is 10.4. The summed E-state index contributed by atoms with van der Waals surface area (Å²) in [5.74, 6) is 1.47. The van der Waals surface area contributed by atoms with Gasteiger partial charge in [-0.3, -0.25) is 9.59 Å². The second-order valence-electron chi connectivity index (χ2n) is 6.67. The van der Waals surface area contributed by atoms with Crippen molar-refractivity contribution in [3.05, 3.63) is 66.1 Å². The molecule has 1 N–H and O–H groups in total. The second-order valence-corrected chi connectivity index (χ2v) is 7.65. The lowest BCUT2D eigenvalue weighted by molar-refractivity contribution is -0.113. The van der Waals surface area contributed by atoms with E-state index in [1.807, 2.05) is 30.3 Å². The molecule has 8 heteroatoms. The van der Waals surface area contributed by atoms with E-state index < -0.39 is 0 Å². The van der Waals surface area contributed by atoms with Crippen molar-refractivity contribution < 1.29 is 18.7 Å². The first-order chi connectivity index (χ1) is 14.5. The molecule has 0 aliphatic rings. The zero-order valence-corrected chi connectivity index (χ0v) is 17.9. The molecule has 1 aromatic heterocycles. The van der Waals surface area contributed by atoms with E-state index in [0.29, 0.717) is 28.6 Å². The predicted molar refractivity (Wildman–Crippen MR) is 118 cm³/mol. The molecule has 0 spiro atoms. The molecule has 0 bridgehead atoms. The number of aromatic nitrogens is 1. The third-order valence-corrected chi connectivity index (χ3v) is 5.15. The van der Waals surface area contributed by atoms with Gasteiger partial charge in [0.1, 0.15) is 12.0 Å². The van der Waals surface area contributed by atoms with Gasteiger partial charge in [-0.2, -0.15) is 0 Å². The molecule has 0 fully saturated rings. The van der Waals surface area contributed by atoms with Gasteiger partial charge in [0.2, 0.25) is 11.8 Å². The summed E-state index contributed by atoms with van der Waals surface area (Å²) in [4.78, 5) is 30.5. The van der Waals surface area contributed by atoms with Crippen LogP contribution in [0.25, 0.3) is 11.5 Å². The lowest BCUT2D eigenvalue weighted by atomic mass is 10.1. The quantitative estimate of drug-likeness (QED) is 0.589. The maximum absolute atomic E-state index is 12.4. The van der Waals surface area contributed by atoms with Crippen LogP contribution in [0.4, 0.5) is 5.69 Å². The number of methoxy groups -OCH3 is 1. The minimum atomic E-state index is -0.195. The summed E-state index contributed by atoms with van der Waals surface area (Å²) >= 11 is 1.42. The van der Waals surface area contributed by atoms with Crippen molar-refractivity contribution in [2.75, 3.05) is 32.3 Å². The minimum absolute atomic E-state index is 0.150. The highest BCUT2D eigenvalue weighted by atomic mass is 32.2. The Morgan fingerprint density at radius 1 is 1.17 bits per heavy atom. The molecule has 2 amide bonds. The summed E-state index contributed by atoms with van der Waals surface area (Å²) in [5, 5.41) is 2.81. The Morgan fingerprint density at radius 2 is 1.93 bits per heavy atom. The molecule has 0 saturated heterocycles. The fourth-order valence-electron chi connectivity index (χ4n) is 2.72. The summed E-state index contributed by atoms with van der Waals surface area (Å²) in [6, 6.07) is 14.6. The van der Waals surface area contributed by atoms with Crippen LogP contribution in [0.1, 0.15) is 16.1 Å². The normalized spacial score (nSPS) is 10.5. The van der Waals surface area contributed by atoms with Gasteiger partial charge in [-0.1, -0.05) is 18.2 Å². The molecular weight excluding hydrogens is 402 g/mol. The number of rotatable bonds is 8. The van der Waals surface area contributed by atoms with Gasteiger partial charge < -0.3 is 19.4 Å². The van der Waals surface area contributed by atoms with Crippen LogP contribution >= 0.6 is 11.8 Å². The number of carbonyl (C=O) groups is 2. The van der Waals surface area contributed by atoms with Crippen LogP contribution in [-0.2, 0) is 10.5 Å². The first-order valence-electron chi connectivity index (χ1n) is 9.25. The van der Waals surface area contributed by atoms with Crippen LogP contribution in [0.5, 0.6) is 5.75 Å². The van der Waals surface area contributed by atoms with Gasteiger partial charge in [0.25, 0.3) is 5.91 Å². The van der Waals surface area contributed by atoms with Gasteiger partial charge in [-0.05, 0) is 30.3 Å². The van der Waals surface area contributed by atoms with Crippen molar-refractivity contribution in [1.82, 2.24) is 9.88 Å². The molecule has 0 atom stereocenters. The van der Waals surface area contributed by atoms with Crippen LogP contribution < -0.4 is 10.1 Å². The summed E-state index contributed by atoms with van der Waals surface area (Å²) in [5.41, 5.74) is 2.61. The molecule has 1 heterocycles. The SMILES string of the molecule is COc1ccc(C(=O)N(C)C)cc1NC(=O)CSCc1coc(-c2ccccc2)n1. The number of thioether (sulfide) groups is 1. The maximum Gasteiger partial charge on any atom is 0.253 e. The second kappa shape index (κ2) is 9.98. The molecule has 7 nitrogen and oxygen atoms in total. The topological polar surface area (TPSA) is 84.7 Å². The van der Waals surface area contributed by atoms with E-state index >= 15 is 0 Å². The number of anilines is 1. The van der Waals surface area contributed by atoms with Crippen molar-refractivity contribution in [3.8, 4) is 17.2 Å². The van der Waals surface area contributed by atoms with E-state index in [1.165, 1.54) is 23.8 Å². The van der Waals surface area contributed by atoms with Crippen molar-refractivity contribution >= 4 is 29.3 Å².